The summed E-state index contributed by atoms with van der Waals surface area (Å²) in [5, 5.41) is 0. The fourth-order valence-corrected chi connectivity index (χ4v) is 5.00. The number of nitrogens with one attached hydrogen (secondary N) is 1. The molecular formula is C26H23N5O4S. The smallest absolute Gasteiger partial charge is 0.344 e. The standard InChI is InChI=1S/C26H23N5O4S/c1-3-35-26(32)22-23-25(29-21-7-5-4-6-20(21)28-23)31(24(22)27)18-12-10-17(11-13-18)30-36(33,34)19-14-8-16(2)9-15-19/h4-15,30H,3,27H2,1-2H3. The Balaban J connectivity index is 1.58. The van der Waals surface area contributed by atoms with Crippen molar-refractivity contribution < 1.29 is 17.9 Å². The van der Waals surface area contributed by atoms with Crippen molar-refractivity contribution in [1.82, 2.24) is 14.5 Å². The molecule has 0 unspecified atom stereocenters. The summed E-state index contributed by atoms with van der Waals surface area (Å²) in [7, 11) is -3.75. The number of esters is 1. The number of hydrogen-bond acceptors (Lipinski definition) is 7. The predicted molar refractivity (Wildman–Crippen MR) is 139 cm³/mol. The third-order valence-electron chi connectivity index (χ3n) is 5.69. The number of nitrogen functional groups attached to an aromatic ring is 1. The van der Waals surface area contributed by atoms with Crippen molar-refractivity contribution in [3.05, 3.63) is 83.9 Å². The average molecular weight is 502 g/mol. The van der Waals surface area contributed by atoms with E-state index in [9.17, 15) is 13.2 Å². The molecule has 0 aliphatic heterocycles. The number of aromatic nitrogens is 3. The molecule has 0 saturated carbocycles. The van der Waals surface area contributed by atoms with Crippen LogP contribution in [0.5, 0.6) is 0 Å². The Morgan fingerprint density at radius 2 is 1.61 bits per heavy atom. The fourth-order valence-electron chi connectivity index (χ4n) is 3.94. The Bertz CT molecular complexity index is 1710. The normalized spacial score (nSPS) is 11.6. The summed E-state index contributed by atoms with van der Waals surface area (Å²) in [6.45, 7) is 3.78. The minimum Gasteiger partial charge on any atom is -0.462 e. The van der Waals surface area contributed by atoms with Gasteiger partial charge >= 0.3 is 5.97 Å². The van der Waals surface area contributed by atoms with Crippen molar-refractivity contribution in [3.63, 3.8) is 0 Å². The zero-order valence-corrected chi connectivity index (χ0v) is 20.4. The lowest BCUT2D eigenvalue weighted by Gasteiger charge is -2.11. The van der Waals surface area contributed by atoms with E-state index in [4.69, 9.17) is 15.5 Å². The first-order valence-corrected chi connectivity index (χ1v) is 12.7. The lowest BCUT2D eigenvalue weighted by atomic mass is 10.2. The molecule has 182 valence electrons. The van der Waals surface area contributed by atoms with Crippen LogP contribution in [-0.4, -0.2) is 35.5 Å². The van der Waals surface area contributed by atoms with Gasteiger partial charge in [0.1, 0.15) is 16.9 Å². The largest absolute Gasteiger partial charge is 0.462 e. The van der Waals surface area contributed by atoms with E-state index >= 15 is 0 Å². The van der Waals surface area contributed by atoms with Crippen molar-refractivity contribution >= 4 is 49.7 Å². The number of hydrogen-bond donors (Lipinski definition) is 2. The number of nitrogens with two attached hydrogens (primary N) is 1. The summed E-state index contributed by atoms with van der Waals surface area (Å²) in [6.07, 6.45) is 0. The van der Waals surface area contributed by atoms with E-state index in [0.29, 0.717) is 33.6 Å². The van der Waals surface area contributed by atoms with Crippen LogP contribution in [0.25, 0.3) is 27.9 Å². The van der Waals surface area contributed by atoms with Crippen LogP contribution in [0, 0.1) is 6.92 Å². The third-order valence-corrected chi connectivity index (χ3v) is 7.08. The molecule has 0 spiro atoms. The van der Waals surface area contributed by atoms with Gasteiger partial charge in [-0.05, 0) is 62.4 Å². The molecule has 5 rings (SSSR count). The maximum Gasteiger partial charge on any atom is 0.344 e. The molecular weight excluding hydrogens is 478 g/mol. The van der Waals surface area contributed by atoms with Crippen LogP contribution < -0.4 is 10.5 Å². The minimum absolute atomic E-state index is 0.131. The van der Waals surface area contributed by atoms with Gasteiger partial charge in [0.05, 0.1) is 22.5 Å². The SMILES string of the molecule is CCOC(=O)c1c(N)n(-c2ccc(NS(=O)(=O)c3ccc(C)cc3)cc2)c2nc3ccccc3nc12. The van der Waals surface area contributed by atoms with E-state index in [-0.39, 0.29) is 22.9 Å². The van der Waals surface area contributed by atoms with Crippen molar-refractivity contribution in [3.8, 4) is 5.69 Å². The molecule has 0 radical (unpaired) electrons. The van der Waals surface area contributed by atoms with Gasteiger partial charge < -0.3 is 10.5 Å². The second-order valence-corrected chi connectivity index (χ2v) is 9.85. The van der Waals surface area contributed by atoms with Crippen LogP contribution in [0.15, 0.2) is 77.7 Å². The van der Waals surface area contributed by atoms with Crippen molar-refractivity contribution in [2.24, 2.45) is 0 Å². The lowest BCUT2D eigenvalue weighted by molar-refractivity contribution is 0.0529. The van der Waals surface area contributed by atoms with Crippen LogP contribution in [-0.2, 0) is 14.8 Å². The summed E-state index contributed by atoms with van der Waals surface area (Å²) in [6, 6.07) is 20.5. The number of fused-ring (bicyclic) bond motifs is 2. The number of carbonyl (C=O) groups is 1. The molecule has 3 aromatic carbocycles. The van der Waals surface area contributed by atoms with E-state index in [1.165, 1.54) is 0 Å². The Morgan fingerprint density at radius 3 is 2.25 bits per heavy atom. The first-order valence-electron chi connectivity index (χ1n) is 11.2. The summed E-state index contributed by atoms with van der Waals surface area (Å²) in [4.78, 5) is 22.3. The number of para-hydroxylation sites is 2. The van der Waals surface area contributed by atoms with Gasteiger partial charge in [-0.2, -0.15) is 0 Å². The molecule has 0 fully saturated rings. The van der Waals surface area contributed by atoms with Gasteiger partial charge in [-0.1, -0.05) is 29.8 Å². The van der Waals surface area contributed by atoms with Gasteiger partial charge in [0.15, 0.2) is 5.65 Å². The summed E-state index contributed by atoms with van der Waals surface area (Å²) in [5.41, 5.74) is 10.5. The van der Waals surface area contributed by atoms with Gasteiger partial charge in [0.2, 0.25) is 0 Å². The van der Waals surface area contributed by atoms with Crippen LogP contribution in [0.1, 0.15) is 22.8 Å². The second-order valence-electron chi connectivity index (χ2n) is 8.17. The highest BCUT2D eigenvalue weighted by Crippen LogP contribution is 2.32. The molecule has 2 heterocycles. The molecule has 0 saturated heterocycles. The predicted octanol–water partition coefficient (Wildman–Crippen LogP) is 4.44. The van der Waals surface area contributed by atoms with Crippen LogP contribution in [0.4, 0.5) is 11.5 Å². The topological polar surface area (TPSA) is 129 Å². The molecule has 0 amide bonds. The zero-order chi connectivity index (χ0) is 25.4. The molecule has 10 heteroatoms. The Morgan fingerprint density at radius 1 is 0.972 bits per heavy atom. The van der Waals surface area contributed by atoms with Crippen molar-refractivity contribution in [1.29, 1.82) is 0 Å². The number of anilines is 2. The van der Waals surface area contributed by atoms with E-state index in [0.717, 1.165) is 5.56 Å². The van der Waals surface area contributed by atoms with Crippen LogP contribution in [0.2, 0.25) is 0 Å². The monoisotopic (exact) mass is 501 g/mol. The fraction of sp³-hybridized carbons (Fsp3) is 0.115. The summed E-state index contributed by atoms with van der Waals surface area (Å²) in [5.74, 6) is -0.461. The molecule has 5 aromatic rings. The number of aryl methyl sites for hydroxylation is 1. The number of sulfonamides is 1. The first kappa shape index (κ1) is 23.3. The van der Waals surface area contributed by atoms with Crippen LogP contribution in [0.3, 0.4) is 0 Å². The molecule has 0 atom stereocenters. The van der Waals surface area contributed by atoms with Gasteiger partial charge in [-0.3, -0.25) is 9.29 Å². The molecule has 0 aliphatic rings. The number of carbonyl (C=O) groups excluding carboxylic acids is 1. The summed E-state index contributed by atoms with van der Waals surface area (Å²) >= 11 is 0. The second kappa shape index (κ2) is 8.97. The van der Waals surface area contributed by atoms with Gasteiger partial charge in [0, 0.05) is 11.4 Å². The average Bonchev–Trinajstić information content (AvgIpc) is 3.14. The van der Waals surface area contributed by atoms with Gasteiger partial charge in [0.25, 0.3) is 10.0 Å². The van der Waals surface area contributed by atoms with Crippen molar-refractivity contribution in [2.75, 3.05) is 17.1 Å². The van der Waals surface area contributed by atoms with E-state index < -0.39 is 16.0 Å². The highest BCUT2D eigenvalue weighted by atomic mass is 32.2. The van der Waals surface area contributed by atoms with E-state index in [1.54, 1.807) is 66.1 Å². The first-order chi connectivity index (χ1) is 17.3. The highest BCUT2D eigenvalue weighted by molar-refractivity contribution is 7.92. The number of ether oxygens (including phenoxy) is 1. The lowest BCUT2D eigenvalue weighted by Crippen LogP contribution is -2.13. The number of nitrogens with zero attached hydrogens (tertiary/aromatic N) is 3. The molecule has 0 bridgehead atoms. The van der Waals surface area contributed by atoms with Gasteiger partial charge in [-0.25, -0.2) is 23.2 Å². The highest BCUT2D eigenvalue weighted by Gasteiger charge is 2.26. The minimum atomic E-state index is -3.75. The molecule has 9 nitrogen and oxygen atoms in total. The molecule has 0 aliphatic carbocycles. The Hall–Kier alpha value is -4.44. The third kappa shape index (κ3) is 4.11. The Labute approximate surface area is 207 Å². The summed E-state index contributed by atoms with van der Waals surface area (Å²) < 4.78 is 34.9. The molecule has 2 aromatic heterocycles. The van der Waals surface area contributed by atoms with Crippen LogP contribution >= 0.6 is 0 Å². The Kier molecular flexibility index (Phi) is 5.81. The van der Waals surface area contributed by atoms with E-state index in [1.807, 2.05) is 25.1 Å². The maximum atomic E-state index is 12.8. The van der Waals surface area contributed by atoms with E-state index in [2.05, 4.69) is 9.71 Å². The van der Waals surface area contributed by atoms with Gasteiger partial charge in [-0.15, -0.1) is 0 Å². The molecule has 3 N–H and O–H groups in total. The molecule has 36 heavy (non-hydrogen) atoms. The number of rotatable bonds is 6. The zero-order valence-electron chi connectivity index (χ0n) is 19.6. The quantitative estimate of drug-likeness (QED) is 0.329. The number of benzene rings is 3. The maximum absolute atomic E-state index is 12.8. The van der Waals surface area contributed by atoms with Crippen molar-refractivity contribution in [2.45, 2.75) is 18.7 Å².